The molecule has 0 aliphatic rings. The molecule has 98 valence electrons. The monoisotopic (exact) mass is 268 g/mol. The third-order valence-electron chi connectivity index (χ3n) is 2.78. The maximum Gasteiger partial charge on any atom is 0.133 e. The summed E-state index contributed by atoms with van der Waals surface area (Å²) < 4.78 is 6.82. The smallest absolute Gasteiger partial charge is 0.133 e. The fourth-order valence-electron chi connectivity index (χ4n) is 1.82. The van der Waals surface area contributed by atoms with Gasteiger partial charge in [0.15, 0.2) is 0 Å². The highest BCUT2D eigenvalue weighted by molar-refractivity contribution is 6.31. The molecule has 2 aromatic rings. The molecule has 0 spiro atoms. The highest BCUT2D eigenvalue weighted by Crippen LogP contribution is 2.20. The van der Waals surface area contributed by atoms with Gasteiger partial charge in [0.1, 0.15) is 5.76 Å². The van der Waals surface area contributed by atoms with Gasteiger partial charge in [0, 0.05) is 26.2 Å². The van der Waals surface area contributed by atoms with E-state index >= 15 is 0 Å². The molecule has 0 bridgehead atoms. The number of halogens is 1. The topological polar surface area (TPSA) is 55.9 Å². The molecule has 0 radical (unpaired) electrons. The van der Waals surface area contributed by atoms with Gasteiger partial charge >= 0.3 is 0 Å². The predicted octanol–water partition coefficient (Wildman–Crippen LogP) is 2.22. The van der Waals surface area contributed by atoms with Crippen molar-refractivity contribution in [1.82, 2.24) is 20.3 Å². The van der Waals surface area contributed by atoms with Crippen LogP contribution in [0, 0.1) is 6.92 Å². The predicted molar refractivity (Wildman–Crippen MR) is 69.4 cm³/mol. The Balaban J connectivity index is 1.96. The molecule has 2 aromatic heterocycles. The number of aromatic nitrogens is 3. The minimum Gasteiger partial charge on any atom is -0.361 e. The van der Waals surface area contributed by atoms with Crippen molar-refractivity contribution in [3.05, 3.63) is 33.9 Å². The van der Waals surface area contributed by atoms with Crippen molar-refractivity contribution >= 4 is 11.6 Å². The second-order valence-corrected chi connectivity index (χ2v) is 4.59. The second kappa shape index (κ2) is 5.54. The van der Waals surface area contributed by atoms with Crippen LogP contribution in [0.25, 0.3) is 0 Å². The van der Waals surface area contributed by atoms with Crippen LogP contribution in [0.3, 0.4) is 0 Å². The fourth-order valence-corrected chi connectivity index (χ4v) is 2.18. The minimum atomic E-state index is 0.653. The van der Waals surface area contributed by atoms with Crippen molar-refractivity contribution in [2.45, 2.75) is 33.4 Å². The molecule has 0 unspecified atom stereocenters. The Kier molecular flexibility index (Phi) is 4.04. The Morgan fingerprint density at radius 1 is 1.44 bits per heavy atom. The minimum absolute atomic E-state index is 0.653. The molecule has 2 heterocycles. The van der Waals surface area contributed by atoms with Crippen LogP contribution in [-0.4, -0.2) is 14.9 Å². The molecular weight excluding hydrogens is 252 g/mol. The van der Waals surface area contributed by atoms with Crippen molar-refractivity contribution in [2.24, 2.45) is 7.05 Å². The third kappa shape index (κ3) is 2.73. The van der Waals surface area contributed by atoms with E-state index in [0.717, 1.165) is 34.3 Å². The summed E-state index contributed by atoms with van der Waals surface area (Å²) in [5.74, 6) is 0.818. The van der Waals surface area contributed by atoms with Gasteiger partial charge in [-0.25, -0.2) is 0 Å². The Bertz CT molecular complexity index is 532. The van der Waals surface area contributed by atoms with Crippen LogP contribution in [0.2, 0.25) is 5.02 Å². The third-order valence-corrected chi connectivity index (χ3v) is 3.21. The SMILES string of the molecule is CCc1nn(C)c(CNCc2cc(C)on2)c1Cl. The lowest BCUT2D eigenvalue weighted by Crippen LogP contribution is -2.15. The van der Waals surface area contributed by atoms with Crippen LogP contribution in [0.4, 0.5) is 0 Å². The lowest BCUT2D eigenvalue weighted by Gasteiger charge is -2.03. The molecule has 0 aromatic carbocycles. The summed E-state index contributed by atoms with van der Waals surface area (Å²) in [7, 11) is 1.91. The van der Waals surface area contributed by atoms with Crippen LogP contribution in [0.15, 0.2) is 10.6 Å². The molecule has 0 saturated heterocycles. The molecule has 0 atom stereocenters. The first-order valence-corrected chi connectivity index (χ1v) is 6.32. The van der Waals surface area contributed by atoms with E-state index in [2.05, 4.69) is 15.6 Å². The summed E-state index contributed by atoms with van der Waals surface area (Å²) in [6.45, 7) is 5.24. The molecule has 0 amide bonds. The number of aryl methyl sites for hydroxylation is 3. The van der Waals surface area contributed by atoms with Crippen LogP contribution in [-0.2, 0) is 26.6 Å². The molecule has 0 saturated carbocycles. The van der Waals surface area contributed by atoms with Crippen molar-refractivity contribution in [3.63, 3.8) is 0 Å². The number of nitrogens with zero attached hydrogens (tertiary/aromatic N) is 3. The van der Waals surface area contributed by atoms with Crippen LogP contribution >= 0.6 is 11.6 Å². The number of rotatable bonds is 5. The average Bonchev–Trinajstić information content (AvgIpc) is 2.86. The van der Waals surface area contributed by atoms with E-state index in [0.29, 0.717) is 13.1 Å². The van der Waals surface area contributed by atoms with Gasteiger partial charge in [-0.1, -0.05) is 23.7 Å². The van der Waals surface area contributed by atoms with E-state index in [1.807, 2.05) is 31.6 Å². The van der Waals surface area contributed by atoms with Gasteiger partial charge in [-0.2, -0.15) is 5.10 Å². The van der Waals surface area contributed by atoms with Gasteiger partial charge in [-0.15, -0.1) is 0 Å². The zero-order valence-corrected chi connectivity index (χ0v) is 11.6. The van der Waals surface area contributed by atoms with Gasteiger partial charge < -0.3 is 9.84 Å². The molecule has 0 aliphatic heterocycles. The Labute approximate surface area is 111 Å². The molecule has 1 N–H and O–H groups in total. The van der Waals surface area contributed by atoms with Gasteiger partial charge in [0.2, 0.25) is 0 Å². The van der Waals surface area contributed by atoms with Crippen LogP contribution in [0.1, 0.15) is 29.8 Å². The van der Waals surface area contributed by atoms with E-state index in [9.17, 15) is 0 Å². The van der Waals surface area contributed by atoms with Crippen molar-refractivity contribution in [2.75, 3.05) is 0 Å². The van der Waals surface area contributed by atoms with E-state index in [1.54, 1.807) is 0 Å². The maximum atomic E-state index is 6.26. The standard InChI is InChI=1S/C12H17ClN4O/c1-4-10-12(13)11(17(3)15-10)7-14-6-9-5-8(2)18-16-9/h5,14H,4,6-7H2,1-3H3. The zero-order valence-electron chi connectivity index (χ0n) is 10.8. The normalized spacial score (nSPS) is 11.1. The Morgan fingerprint density at radius 2 is 2.22 bits per heavy atom. The molecule has 0 fully saturated rings. The first kappa shape index (κ1) is 13.1. The van der Waals surface area contributed by atoms with Gasteiger partial charge in [-0.05, 0) is 13.3 Å². The number of hydrogen-bond acceptors (Lipinski definition) is 4. The van der Waals surface area contributed by atoms with E-state index in [4.69, 9.17) is 16.1 Å². The quantitative estimate of drug-likeness (QED) is 0.903. The largest absolute Gasteiger partial charge is 0.361 e. The van der Waals surface area contributed by atoms with Gasteiger partial charge in [0.25, 0.3) is 0 Å². The Hall–Kier alpha value is -1.33. The molecule has 2 rings (SSSR count). The number of nitrogens with one attached hydrogen (secondary N) is 1. The van der Waals surface area contributed by atoms with Gasteiger partial charge in [-0.3, -0.25) is 4.68 Å². The summed E-state index contributed by atoms with van der Waals surface area (Å²) >= 11 is 6.26. The molecule has 5 nitrogen and oxygen atoms in total. The lowest BCUT2D eigenvalue weighted by molar-refractivity contribution is 0.388. The molecule has 6 heteroatoms. The molecular formula is C12H17ClN4O. The summed E-state index contributed by atoms with van der Waals surface area (Å²) in [5, 5.41) is 12.3. The highest BCUT2D eigenvalue weighted by Gasteiger charge is 2.12. The van der Waals surface area contributed by atoms with E-state index in [-0.39, 0.29) is 0 Å². The summed E-state index contributed by atoms with van der Waals surface area (Å²) in [6, 6.07) is 1.91. The first-order valence-electron chi connectivity index (χ1n) is 5.95. The van der Waals surface area contributed by atoms with Gasteiger partial charge in [0.05, 0.1) is 22.1 Å². The number of hydrogen-bond donors (Lipinski definition) is 1. The van der Waals surface area contributed by atoms with Crippen molar-refractivity contribution < 1.29 is 4.52 Å². The summed E-state index contributed by atoms with van der Waals surface area (Å²) in [5.41, 5.74) is 2.82. The zero-order chi connectivity index (χ0) is 13.1. The summed E-state index contributed by atoms with van der Waals surface area (Å²) in [4.78, 5) is 0. The average molecular weight is 269 g/mol. The first-order chi connectivity index (χ1) is 8.61. The Morgan fingerprint density at radius 3 is 2.78 bits per heavy atom. The fraction of sp³-hybridized carbons (Fsp3) is 0.500. The van der Waals surface area contributed by atoms with Crippen molar-refractivity contribution in [1.29, 1.82) is 0 Å². The second-order valence-electron chi connectivity index (χ2n) is 4.22. The van der Waals surface area contributed by atoms with Crippen LogP contribution in [0.5, 0.6) is 0 Å². The van der Waals surface area contributed by atoms with E-state index in [1.165, 1.54) is 0 Å². The lowest BCUT2D eigenvalue weighted by atomic mass is 10.3. The molecule has 18 heavy (non-hydrogen) atoms. The summed E-state index contributed by atoms with van der Waals surface area (Å²) in [6.07, 6.45) is 0.842. The van der Waals surface area contributed by atoms with Crippen molar-refractivity contribution in [3.8, 4) is 0 Å². The maximum absolute atomic E-state index is 6.26. The van der Waals surface area contributed by atoms with E-state index < -0.39 is 0 Å². The van der Waals surface area contributed by atoms with Crippen LogP contribution < -0.4 is 5.32 Å². The molecule has 0 aliphatic carbocycles. The highest BCUT2D eigenvalue weighted by atomic mass is 35.5.